The van der Waals surface area contributed by atoms with E-state index < -0.39 is 29.5 Å². The number of rotatable bonds is 3. The van der Waals surface area contributed by atoms with E-state index >= 15 is 0 Å². The van der Waals surface area contributed by atoms with Gasteiger partial charge in [-0.1, -0.05) is 0 Å². The van der Waals surface area contributed by atoms with Crippen molar-refractivity contribution in [2.24, 2.45) is 0 Å². The molecule has 0 unspecified atom stereocenters. The van der Waals surface area contributed by atoms with Crippen LogP contribution in [0.25, 0.3) is 0 Å². The molecule has 0 N–H and O–H groups in total. The fraction of sp³-hybridized carbons (Fsp3) is 0.333. The molecule has 0 radical (unpaired) electrons. The van der Waals surface area contributed by atoms with E-state index in [1.54, 1.807) is 0 Å². The molecule has 0 aromatic carbocycles. The Labute approximate surface area is 97.8 Å². The van der Waals surface area contributed by atoms with Gasteiger partial charge in [-0.05, 0) is 28.9 Å². The molecule has 16 heavy (non-hydrogen) atoms. The lowest BCUT2D eigenvalue weighted by Gasteiger charge is -2.07. The van der Waals surface area contributed by atoms with Crippen LogP contribution in [0.2, 0.25) is 0 Å². The number of pyridine rings is 1. The first-order valence-corrected chi connectivity index (χ1v) is 5.07. The Balaban J connectivity index is 3.19. The van der Waals surface area contributed by atoms with Crippen molar-refractivity contribution in [1.29, 1.82) is 0 Å². The predicted octanol–water partition coefficient (Wildman–Crippen LogP) is 3.10. The summed E-state index contributed by atoms with van der Waals surface area (Å²) in [7, 11) is 0. The minimum absolute atomic E-state index is 0.0261. The van der Waals surface area contributed by atoms with Crippen LogP contribution < -0.4 is 0 Å². The van der Waals surface area contributed by atoms with Gasteiger partial charge in [0, 0.05) is 0 Å². The first-order valence-electron chi connectivity index (χ1n) is 4.28. The van der Waals surface area contributed by atoms with Crippen molar-refractivity contribution >= 4 is 21.9 Å². The Kier molecular flexibility index (Phi) is 4.28. The topological polar surface area (TPSA) is 39.2 Å². The summed E-state index contributed by atoms with van der Waals surface area (Å²) in [6.45, 7) is 1.55. The van der Waals surface area contributed by atoms with E-state index in [4.69, 9.17) is 0 Å². The van der Waals surface area contributed by atoms with Crippen LogP contribution in [0.4, 0.5) is 13.2 Å². The van der Waals surface area contributed by atoms with Crippen molar-refractivity contribution in [3.8, 4) is 0 Å². The first-order chi connectivity index (χ1) is 7.47. The molecule has 0 saturated carbocycles. The van der Waals surface area contributed by atoms with Crippen LogP contribution in [0, 0.1) is 5.95 Å². The van der Waals surface area contributed by atoms with Crippen LogP contribution in [0.15, 0.2) is 10.7 Å². The maximum Gasteiger partial charge on any atom is 0.342 e. The molecule has 7 heteroatoms. The molecule has 0 atom stereocenters. The van der Waals surface area contributed by atoms with Crippen LogP contribution in [0.3, 0.4) is 0 Å². The van der Waals surface area contributed by atoms with Crippen LogP contribution in [-0.2, 0) is 4.74 Å². The van der Waals surface area contributed by atoms with E-state index in [0.717, 1.165) is 6.07 Å². The van der Waals surface area contributed by atoms with Gasteiger partial charge in [0.2, 0.25) is 5.95 Å². The highest BCUT2D eigenvalue weighted by atomic mass is 79.9. The van der Waals surface area contributed by atoms with E-state index in [0.29, 0.717) is 0 Å². The van der Waals surface area contributed by atoms with E-state index in [1.165, 1.54) is 6.92 Å². The monoisotopic (exact) mass is 297 g/mol. The van der Waals surface area contributed by atoms with Crippen molar-refractivity contribution in [3.63, 3.8) is 0 Å². The highest BCUT2D eigenvalue weighted by Gasteiger charge is 2.21. The highest BCUT2D eigenvalue weighted by Crippen LogP contribution is 2.27. The molecule has 0 bridgehead atoms. The third-order valence-corrected chi connectivity index (χ3v) is 2.32. The second kappa shape index (κ2) is 5.29. The van der Waals surface area contributed by atoms with Gasteiger partial charge >= 0.3 is 5.97 Å². The summed E-state index contributed by atoms with van der Waals surface area (Å²) >= 11 is 2.69. The van der Waals surface area contributed by atoms with E-state index in [2.05, 4.69) is 25.7 Å². The molecular weight excluding hydrogens is 291 g/mol. The summed E-state index contributed by atoms with van der Waals surface area (Å²) in [6, 6.07) is 0.731. The number of carbonyl (C=O) groups is 1. The molecular formula is C9H7BrF3NO2. The largest absolute Gasteiger partial charge is 0.462 e. The Hall–Kier alpha value is -1.11. The number of carbonyl (C=O) groups excluding carboxylic acids is 1. The minimum atomic E-state index is -2.85. The maximum atomic E-state index is 13.2. The Morgan fingerprint density at radius 3 is 2.75 bits per heavy atom. The highest BCUT2D eigenvalue weighted by molar-refractivity contribution is 9.10. The molecule has 0 aliphatic rings. The molecule has 0 aliphatic carbocycles. The summed E-state index contributed by atoms with van der Waals surface area (Å²) < 4.78 is 42.2. The molecule has 0 amide bonds. The average molecular weight is 298 g/mol. The van der Waals surface area contributed by atoms with Crippen molar-refractivity contribution in [1.82, 2.24) is 4.98 Å². The van der Waals surface area contributed by atoms with Gasteiger partial charge in [-0.2, -0.15) is 4.39 Å². The van der Waals surface area contributed by atoms with Crippen LogP contribution in [0.1, 0.15) is 29.3 Å². The lowest BCUT2D eigenvalue weighted by molar-refractivity contribution is 0.0519. The van der Waals surface area contributed by atoms with Crippen molar-refractivity contribution in [2.75, 3.05) is 6.61 Å². The SMILES string of the molecule is CCOC(=O)c1cc(C(F)F)c(Br)nc1F. The molecule has 0 spiro atoms. The summed E-state index contributed by atoms with van der Waals surface area (Å²) in [5.41, 5.74) is -1.15. The van der Waals surface area contributed by atoms with Crippen LogP contribution in [-0.4, -0.2) is 17.6 Å². The number of aromatic nitrogens is 1. The van der Waals surface area contributed by atoms with Crippen LogP contribution in [0.5, 0.6) is 0 Å². The molecule has 1 heterocycles. The third-order valence-electron chi connectivity index (χ3n) is 1.69. The van der Waals surface area contributed by atoms with E-state index in [-0.39, 0.29) is 11.2 Å². The molecule has 88 valence electrons. The van der Waals surface area contributed by atoms with Gasteiger partial charge in [-0.15, -0.1) is 0 Å². The molecule has 3 nitrogen and oxygen atoms in total. The molecule has 1 rings (SSSR count). The molecule has 1 aromatic heterocycles. The average Bonchev–Trinajstić information content (AvgIpc) is 2.17. The van der Waals surface area contributed by atoms with Gasteiger partial charge in [0.05, 0.1) is 12.2 Å². The second-order valence-electron chi connectivity index (χ2n) is 2.73. The third kappa shape index (κ3) is 2.72. The van der Waals surface area contributed by atoms with Gasteiger partial charge in [0.25, 0.3) is 6.43 Å². The second-order valence-corrected chi connectivity index (χ2v) is 3.48. The molecule has 0 fully saturated rings. The van der Waals surface area contributed by atoms with Gasteiger partial charge < -0.3 is 4.74 Å². The zero-order valence-electron chi connectivity index (χ0n) is 8.14. The Morgan fingerprint density at radius 2 is 2.25 bits per heavy atom. The number of esters is 1. The fourth-order valence-electron chi connectivity index (χ4n) is 0.991. The summed E-state index contributed by atoms with van der Waals surface area (Å²) in [6.07, 6.45) is -2.85. The van der Waals surface area contributed by atoms with E-state index in [9.17, 15) is 18.0 Å². The predicted molar refractivity (Wildman–Crippen MR) is 52.8 cm³/mol. The van der Waals surface area contributed by atoms with Gasteiger partial charge in [0.1, 0.15) is 10.2 Å². The lowest BCUT2D eigenvalue weighted by Crippen LogP contribution is -2.10. The van der Waals surface area contributed by atoms with Gasteiger partial charge in [-0.3, -0.25) is 0 Å². The van der Waals surface area contributed by atoms with Gasteiger partial charge in [-0.25, -0.2) is 18.6 Å². The van der Waals surface area contributed by atoms with Crippen molar-refractivity contribution in [3.05, 3.63) is 27.7 Å². The summed E-state index contributed by atoms with van der Waals surface area (Å²) in [4.78, 5) is 14.4. The lowest BCUT2D eigenvalue weighted by atomic mass is 10.2. The number of hydrogen-bond donors (Lipinski definition) is 0. The number of ether oxygens (including phenoxy) is 1. The normalized spacial score (nSPS) is 10.6. The van der Waals surface area contributed by atoms with Crippen molar-refractivity contribution in [2.45, 2.75) is 13.3 Å². The first kappa shape index (κ1) is 13.0. The quantitative estimate of drug-likeness (QED) is 0.636. The fourth-order valence-corrected chi connectivity index (χ4v) is 1.43. The zero-order valence-corrected chi connectivity index (χ0v) is 9.72. The van der Waals surface area contributed by atoms with E-state index in [1.807, 2.05) is 0 Å². The Morgan fingerprint density at radius 1 is 1.62 bits per heavy atom. The van der Waals surface area contributed by atoms with Crippen LogP contribution >= 0.6 is 15.9 Å². The number of halogens is 4. The zero-order chi connectivity index (χ0) is 12.3. The summed E-state index contributed by atoms with van der Waals surface area (Å²) in [5, 5.41) is 0. The van der Waals surface area contributed by atoms with Gasteiger partial charge in [0.15, 0.2) is 0 Å². The number of hydrogen-bond acceptors (Lipinski definition) is 3. The maximum absolute atomic E-state index is 13.2. The molecule has 0 aliphatic heterocycles. The Bertz CT molecular complexity index is 412. The smallest absolute Gasteiger partial charge is 0.342 e. The van der Waals surface area contributed by atoms with Crippen molar-refractivity contribution < 1.29 is 22.7 Å². The number of alkyl halides is 2. The summed E-state index contributed by atoms with van der Waals surface area (Å²) in [5.74, 6) is -2.16. The number of nitrogens with zero attached hydrogens (tertiary/aromatic N) is 1. The minimum Gasteiger partial charge on any atom is -0.462 e. The standard InChI is InChI=1S/C9H7BrF3NO2/c1-2-16-9(15)5-3-4(7(11)12)6(10)14-8(5)13/h3,7H,2H2,1H3. The molecule has 1 aromatic rings. The molecule has 0 saturated heterocycles.